The SMILES string of the molecule is C=CC1=CC(=S)C(C)C=C1. The highest BCUT2D eigenvalue weighted by Gasteiger charge is 2.06. The van der Waals surface area contributed by atoms with E-state index in [1.54, 1.807) is 0 Å². The van der Waals surface area contributed by atoms with Crippen LogP contribution in [0.2, 0.25) is 0 Å². The lowest BCUT2D eigenvalue weighted by atomic mass is 9.98. The summed E-state index contributed by atoms with van der Waals surface area (Å²) >= 11 is 5.10. The van der Waals surface area contributed by atoms with Crippen molar-refractivity contribution >= 4 is 17.1 Å². The van der Waals surface area contributed by atoms with Crippen molar-refractivity contribution in [3.63, 3.8) is 0 Å². The van der Waals surface area contributed by atoms with E-state index in [9.17, 15) is 0 Å². The van der Waals surface area contributed by atoms with Gasteiger partial charge in [-0.05, 0) is 11.6 Å². The first kappa shape index (κ1) is 7.42. The fourth-order valence-corrected chi connectivity index (χ4v) is 1.04. The van der Waals surface area contributed by atoms with E-state index in [0.717, 1.165) is 10.4 Å². The second kappa shape index (κ2) is 2.93. The first-order valence-electron chi connectivity index (χ1n) is 3.30. The minimum absolute atomic E-state index is 0.415. The topological polar surface area (TPSA) is 0 Å². The van der Waals surface area contributed by atoms with Gasteiger partial charge in [-0.25, -0.2) is 0 Å². The lowest BCUT2D eigenvalue weighted by Crippen LogP contribution is -2.05. The van der Waals surface area contributed by atoms with Gasteiger partial charge in [0.1, 0.15) is 0 Å². The Bertz CT molecular complexity index is 221. The minimum atomic E-state index is 0.415. The molecule has 0 radical (unpaired) electrons. The molecule has 0 saturated heterocycles. The molecule has 0 fully saturated rings. The van der Waals surface area contributed by atoms with Crippen LogP contribution in [0.3, 0.4) is 0 Å². The maximum atomic E-state index is 5.10. The summed E-state index contributed by atoms with van der Waals surface area (Å²) in [6.07, 6.45) is 7.95. The van der Waals surface area contributed by atoms with Gasteiger partial charge in [0.15, 0.2) is 0 Å². The van der Waals surface area contributed by atoms with Crippen molar-refractivity contribution in [1.82, 2.24) is 0 Å². The summed E-state index contributed by atoms with van der Waals surface area (Å²) < 4.78 is 0. The molecule has 0 saturated carbocycles. The van der Waals surface area contributed by atoms with Crippen molar-refractivity contribution in [1.29, 1.82) is 0 Å². The molecule has 0 bridgehead atoms. The van der Waals surface area contributed by atoms with Gasteiger partial charge in [-0.2, -0.15) is 0 Å². The summed E-state index contributed by atoms with van der Waals surface area (Å²) in [6.45, 7) is 5.76. The van der Waals surface area contributed by atoms with Crippen LogP contribution in [-0.2, 0) is 0 Å². The minimum Gasteiger partial charge on any atom is -0.0985 e. The summed E-state index contributed by atoms with van der Waals surface area (Å²) in [6, 6.07) is 0. The fourth-order valence-electron chi connectivity index (χ4n) is 0.821. The molecule has 10 heavy (non-hydrogen) atoms. The molecular weight excluding hydrogens is 140 g/mol. The lowest BCUT2D eigenvalue weighted by Gasteiger charge is -2.09. The molecule has 0 amide bonds. The third-order valence-electron chi connectivity index (χ3n) is 1.57. The van der Waals surface area contributed by atoms with Gasteiger partial charge in [0.2, 0.25) is 0 Å². The number of allylic oxidation sites excluding steroid dienone is 5. The first-order valence-corrected chi connectivity index (χ1v) is 3.71. The molecule has 0 aromatic carbocycles. The predicted octanol–water partition coefficient (Wildman–Crippen LogP) is 2.67. The van der Waals surface area contributed by atoms with E-state index in [0.29, 0.717) is 5.92 Å². The second-order valence-corrected chi connectivity index (χ2v) is 2.87. The highest BCUT2D eigenvalue weighted by molar-refractivity contribution is 7.80. The van der Waals surface area contributed by atoms with E-state index in [1.165, 1.54) is 0 Å². The van der Waals surface area contributed by atoms with Gasteiger partial charge >= 0.3 is 0 Å². The van der Waals surface area contributed by atoms with Crippen LogP contribution in [0.15, 0.2) is 36.5 Å². The zero-order valence-corrected chi connectivity index (χ0v) is 6.82. The van der Waals surface area contributed by atoms with Gasteiger partial charge in [0.05, 0.1) is 0 Å². The average molecular weight is 150 g/mol. The van der Waals surface area contributed by atoms with Crippen molar-refractivity contribution in [3.05, 3.63) is 36.5 Å². The predicted molar refractivity (Wildman–Crippen MR) is 49.2 cm³/mol. The van der Waals surface area contributed by atoms with Crippen LogP contribution in [-0.4, -0.2) is 4.86 Å². The molecule has 1 unspecified atom stereocenters. The van der Waals surface area contributed by atoms with Gasteiger partial charge in [0, 0.05) is 10.8 Å². The Hall–Kier alpha value is -0.690. The largest absolute Gasteiger partial charge is 0.0985 e. The Morgan fingerprint density at radius 3 is 2.90 bits per heavy atom. The van der Waals surface area contributed by atoms with Gasteiger partial charge < -0.3 is 0 Å². The molecule has 0 aliphatic heterocycles. The summed E-state index contributed by atoms with van der Waals surface area (Å²) in [5.74, 6) is 0.415. The van der Waals surface area contributed by atoms with Crippen LogP contribution in [0.4, 0.5) is 0 Å². The maximum Gasteiger partial charge on any atom is 0.0224 e. The van der Waals surface area contributed by atoms with Crippen LogP contribution < -0.4 is 0 Å². The molecule has 0 spiro atoms. The summed E-state index contributed by atoms with van der Waals surface area (Å²) in [5, 5.41) is 0. The van der Waals surface area contributed by atoms with Gasteiger partial charge in [0.25, 0.3) is 0 Å². The zero-order chi connectivity index (χ0) is 7.56. The van der Waals surface area contributed by atoms with Crippen LogP contribution in [0, 0.1) is 5.92 Å². The van der Waals surface area contributed by atoms with E-state index < -0.39 is 0 Å². The Kier molecular flexibility index (Phi) is 2.17. The van der Waals surface area contributed by atoms with Crippen molar-refractivity contribution < 1.29 is 0 Å². The standard InChI is InChI=1S/C9H10S/c1-3-8-5-4-7(2)9(10)6-8/h3-7H,1H2,2H3. The maximum absolute atomic E-state index is 5.10. The highest BCUT2D eigenvalue weighted by atomic mass is 32.1. The summed E-state index contributed by atoms with van der Waals surface area (Å²) in [5.41, 5.74) is 1.11. The van der Waals surface area contributed by atoms with Crippen molar-refractivity contribution in [2.24, 2.45) is 5.92 Å². The lowest BCUT2D eigenvalue weighted by molar-refractivity contribution is 1.01. The van der Waals surface area contributed by atoms with E-state index >= 15 is 0 Å². The normalized spacial score (nSPS) is 24.3. The smallest absolute Gasteiger partial charge is 0.0224 e. The van der Waals surface area contributed by atoms with Crippen molar-refractivity contribution in [3.8, 4) is 0 Å². The molecule has 1 atom stereocenters. The Morgan fingerprint density at radius 1 is 1.70 bits per heavy atom. The first-order chi connectivity index (χ1) is 4.74. The quantitative estimate of drug-likeness (QED) is 0.518. The van der Waals surface area contributed by atoms with Crippen LogP contribution >= 0.6 is 12.2 Å². The molecule has 1 aliphatic rings. The molecule has 0 N–H and O–H groups in total. The van der Waals surface area contributed by atoms with Gasteiger partial charge in [-0.1, -0.05) is 43.9 Å². The number of rotatable bonds is 1. The molecule has 1 aliphatic carbocycles. The fraction of sp³-hybridized carbons (Fsp3) is 0.222. The molecule has 0 heterocycles. The number of hydrogen-bond acceptors (Lipinski definition) is 1. The third-order valence-corrected chi connectivity index (χ3v) is 2.06. The van der Waals surface area contributed by atoms with Crippen LogP contribution in [0.1, 0.15) is 6.92 Å². The Balaban J connectivity index is 2.85. The molecular formula is C9H10S. The molecule has 0 aromatic rings. The summed E-state index contributed by atoms with van der Waals surface area (Å²) in [7, 11) is 0. The molecule has 0 nitrogen and oxygen atoms in total. The van der Waals surface area contributed by atoms with Crippen LogP contribution in [0.5, 0.6) is 0 Å². The molecule has 0 aromatic heterocycles. The molecule has 52 valence electrons. The van der Waals surface area contributed by atoms with Gasteiger partial charge in [-0.15, -0.1) is 0 Å². The number of thiocarbonyl (C=S) groups is 1. The Morgan fingerprint density at radius 2 is 2.40 bits per heavy atom. The van der Waals surface area contributed by atoms with Crippen molar-refractivity contribution in [2.45, 2.75) is 6.92 Å². The van der Waals surface area contributed by atoms with Gasteiger partial charge in [-0.3, -0.25) is 0 Å². The van der Waals surface area contributed by atoms with E-state index in [2.05, 4.69) is 19.6 Å². The summed E-state index contributed by atoms with van der Waals surface area (Å²) in [4.78, 5) is 0.998. The van der Waals surface area contributed by atoms with Crippen LogP contribution in [0.25, 0.3) is 0 Å². The highest BCUT2D eigenvalue weighted by Crippen LogP contribution is 2.13. The number of hydrogen-bond donors (Lipinski definition) is 0. The molecule has 1 rings (SSSR count). The zero-order valence-electron chi connectivity index (χ0n) is 6.00. The molecule has 1 heteroatoms. The van der Waals surface area contributed by atoms with Crippen molar-refractivity contribution in [2.75, 3.05) is 0 Å². The second-order valence-electron chi connectivity index (χ2n) is 2.40. The average Bonchev–Trinajstić information content (AvgIpc) is 1.95. The monoisotopic (exact) mass is 150 g/mol. The third kappa shape index (κ3) is 1.42. The van der Waals surface area contributed by atoms with E-state index in [-0.39, 0.29) is 0 Å². The Labute approximate surface area is 66.9 Å². The van der Waals surface area contributed by atoms with E-state index in [4.69, 9.17) is 12.2 Å². The van der Waals surface area contributed by atoms with E-state index in [1.807, 2.05) is 18.2 Å².